The van der Waals surface area contributed by atoms with E-state index in [2.05, 4.69) is 68.7 Å². The van der Waals surface area contributed by atoms with Crippen LogP contribution in [-0.2, 0) is 27.2 Å². The Morgan fingerprint density at radius 1 is 0.949 bits per heavy atom. The van der Waals surface area contributed by atoms with Crippen LogP contribution < -0.4 is 30.9 Å². The molecule has 0 spiro atoms. The second kappa shape index (κ2) is 17.2. The number of carbonyl (C=O) groups is 3. The lowest BCUT2D eigenvalue weighted by molar-refractivity contribution is -0.136. The summed E-state index contributed by atoms with van der Waals surface area (Å²) < 4.78 is 19.6. The molecule has 1 atom stereocenters. The summed E-state index contributed by atoms with van der Waals surface area (Å²) in [4.78, 5) is 55.6. The Hall–Kier alpha value is -4.53. The zero-order valence-corrected chi connectivity index (χ0v) is 36.6. The van der Waals surface area contributed by atoms with E-state index in [0.717, 1.165) is 85.6 Å². The number of nitrogens with one attached hydrogen (secondary N) is 3. The summed E-state index contributed by atoms with van der Waals surface area (Å²) in [5, 5.41) is 9.96. The van der Waals surface area contributed by atoms with Gasteiger partial charge in [0.2, 0.25) is 17.8 Å². The minimum Gasteiger partial charge on any atom is -0.494 e. The monoisotopic (exact) mass is 903 g/mol. The summed E-state index contributed by atoms with van der Waals surface area (Å²) in [5.41, 5.74) is 5.17. The van der Waals surface area contributed by atoms with Crippen molar-refractivity contribution in [2.75, 3.05) is 75.2 Å². The van der Waals surface area contributed by atoms with Gasteiger partial charge in [-0.05, 0) is 87.1 Å². The first-order valence-electron chi connectivity index (χ1n) is 19.9. The number of imide groups is 1. The van der Waals surface area contributed by atoms with Gasteiger partial charge in [0.15, 0.2) is 5.82 Å². The largest absolute Gasteiger partial charge is 0.494 e. The third-order valence-corrected chi connectivity index (χ3v) is 14.3. The number of aromatic nitrogens is 2. The van der Waals surface area contributed by atoms with Crippen molar-refractivity contribution in [3.8, 4) is 5.75 Å². The van der Waals surface area contributed by atoms with Crippen LogP contribution in [0.25, 0.3) is 0 Å². The molecule has 17 heteroatoms. The number of benzene rings is 3. The van der Waals surface area contributed by atoms with Crippen molar-refractivity contribution in [3.05, 3.63) is 87.0 Å². The van der Waals surface area contributed by atoms with Crippen LogP contribution in [0.1, 0.15) is 47.2 Å². The zero-order chi connectivity index (χ0) is 41.4. The number of rotatable bonds is 11. The number of piperidine rings is 2. The number of likely N-dealkylation sites (tertiary alicyclic amines) is 1. The first-order chi connectivity index (χ1) is 28.3. The van der Waals surface area contributed by atoms with E-state index in [9.17, 15) is 18.9 Å². The Kier molecular flexibility index (Phi) is 12.0. The highest BCUT2D eigenvalue weighted by Crippen LogP contribution is 2.39. The topological polar surface area (TPSA) is 152 Å². The number of amides is 3. The van der Waals surface area contributed by atoms with Crippen LogP contribution in [-0.4, -0.2) is 114 Å². The van der Waals surface area contributed by atoms with Gasteiger partial charge in [0.1, 0.15) is 24.0 Å². The van der Waals surface area contributed by atoms with Crippen molar-refractivity contribution in [2.24, 2.45) is 0 Å². The first kappa shape index (κ1) is 41.2. The van der Waals surface area contributed by atoms with Crippen LogP contribution in [0.3, 0.4) is 0 Å². The Bertz CT molecular complexity index is 2330. The molecule has 0 saturated carbocycles. The highest BCUT2D eigenvalue weighted by molar-refractivity contribution is 9.10. The predicted molar refractivity (Wildman–Crippen MR) is 234 cm³/mol. The second-order valence-electron chi connectivity index (χ2n) is 15.9. The first-order valence-corrected chi connectivity index (χ1v) is 23.7. The van der Waals surface area contributed by atoms with E-state index in [1.54, 1.807) is 25.3 Å². The standard InChI is InChI=1S/C42H48BrClN9O5P/c1-58-36-21-29(8-9-33(36)47-42-45-23-32(44)39(49-42)46-34-6-4-5-7-37(34)59(2,3)57)52-18-16-51(17-19-52)28-12-14-50(15-13-28)24-27-20-26-25-53(41(56)30(26)22-31(27)43)35-10-11-38(54)48-40(35)55/h4-9,20-23,28,35H,10-19,24-25H2,1-3H3,(H,48,54,55)(H2,45,46,47,49). The highest BCUT2D eigenvalue weighted by atomic mass is 79.9. The second-order valence-corrected chi connectivity index (χ2v) is 20.4. The predicted octanol–water partition coefficient (Wildman–Crippen LogP) is 6.18. The molecule has 310 valence electrons. The summed E-state index contributed by atoms with van der Waals surface area (Å²) in [6, 6.07) is 17.5. The Morgan fingerprint density at radius 2 is 1.71 bits per heavy atom. The minimum absolute atomic E-state index is 0.158. The van der Waals surface area contributed by atoms with Crippen molar-refractivity contribution < 1.29 is 23.7 Å². The van der Waals surface area contributed by atoms with Crippen LogP contribution in [0.15, 0.2) is 65.3 Å². The van der Waals surface area contributed by atoms with Gasteiger partial charge in [-0.2, -0.15) is 4.98 Å². The molecular formula is C42H48BrClN9O5P. The van der Waals surface area contributed by atoms with Crippen molar-refractivity contribution in [3.63, 3.8) is 0 Å². The van der Waals surface area contributed by atoms with E-state index >= 15 is 0 Å². The fraction of sp³-hybridized carbons (Fsp3) is 0.405. The fourth-order valence-corrected chi connectivity index (χ4v) is 10.3. The molecule has 3 fully saturated rings. The number of hydrogen-bond acceptors (Lipinski definition) is 12. The normalized spacial score (nSPS) is 19.5. The van der Waals surface area contributed by atoms with Gasteiger partial charge < -0.3 is 29.7 Å². The van der Waals surface area contributed by atoms with E-state index in [1.807, 2.05) is 42.5 Å². The van der Waals surface area contributed by atoms with Gasteiger partial charge in [-0.1, -0.05) is 45.7 Å². The van der Waals surface area contributed by atoms with Crippen molar-refractivity contribution >= 4 is 86.5 Å². The number of methoxy groups -OCH3 is 1. The van der Waals surface area contributed by atoms with E-state index in [1.165, 1.54) is 6.20 Å². The molecule has 8 rings (SSSR count). The molecule has 3 amide bonds. The molecule has 3 aromatic carbocycles. The number of para-hydroxylation sites is 1. The Labute approximate surface area is 357 Å². The third kappa shape index (κ3) is 9.00. The van der Waals surface area contributed by atoms with Gasteiger partial charge in [-0.25, -0.2) is 4.98 Å². The zero-order valence-electron chi connectivity index (χ0n) is 33.3. The summed E-state index contributed by atoms with van der Waals surface area (Å²) in [6.07, 6.45) is 4.31. The summed E-state index contributed by atoms with van der Waals surface area (Å²) in [6.45, 7) is 10.4. The van der Waals surface area contributed by atoms with Crippen LogP contribution in [0.4, 0.5) is 28.8 Å². The average molecular weight is 905 g/mol. The molecule has 59 heavy (non-hydrogen) atoms. The minimum atomic E-state index is -2.55. The van der Waals surface area contributed by atoms with E-state index in [4.69, 9.17) is 16.3 Å². The van der Waals surface area contributed by atoms with E-state index in [0.29, 0.717) is 58.1 Å². The van der Waals surface area contributed by atoms with Crippen LogP contribution in [0, 0.1) is 0 Å². The molecule has 1 unspecified atom stereocenters. The SMILES string of the molecule is COc1cc(N2CCN(C3CCN(Cc4cc5c(cc4Br)C(=O)N(C4CCC(=O)NC4=O)C5)CC3)CC2)ccc1Nc1ncc(Cl)c(Nc2ccccc2P(C)(C)=O)n1. The molecular weight excluding hydrogens is 857 g/mol. The van der Waals surface area contributed by atoms with Crippen LogP contribution in [0.5, 0.6) is 5.75 Å². The summed E-state index contributed by atoms with van der Waals surface area (Å²) in [7, 11) is -0.901. The van der Waals surface area contributed by atoms with Gasteiger partial charge in [0.05, 0.1) is 24.7 Å². The van der Waals surface area contributed by atoms with Crippen LogP contribution >= 0.6 is 34.7 Å². The van der Waals surface area contributed by atoms with Crippen molar-refractivity contribution in [1.82, 2.24) is 30.0 Å². The molecule has 4 aliphatic heterocycles. The van der Waals surface area contributed by atoms with Crippen LogP contribution in [0.2, 0.25) is 5.02 Å². The van der Waals surface area contributed by atoms with E-state index in [-0.39, 0.29) is 18.2 Å². The number of nitrogens with zero attached hydrogens (tertiary/aromatic N) is 6. The third-order valence-electron chi connectivity index (χ3n) is 11.8. The maximum atomic E-state index is 13.3. The van der Waals surface area contributed by atoms with Gasteiger partial charge in [-0.3, -0.25) is 29.5 Å². The lowest BCUT2D eigenvalue weighted by Crippen LogP contribution is -2.53. The number of carbonyl (C=O) groups excluding carboxylic acids is 3. The average Bonchev–Trinajstić information content (AvgIpc) is 3.53. The smallest absolute Gasteiger partial charge is 0.255 e. The maximum absolute atomic E-state index is 13.3. The fourth-order valence-electron chi connectivity index (χ4n) is 8.58. The molecule has 3 N–H and O–H groups in total. The molecule has 3 saturated heterocycles. The number of piperazine rings is 1. The number of halogens is 2. The number of ether oxygens (including phenoxy) is 1. The highest BCUT2D eigenvalue weighted by Gasteiger charge is 2.39. The Balaban J connectivity index is 0.835. The molecule has 14 nitrogen and oxygen atoms in total. The summed E-state index contributed by atoms with van der Waals surface area (Å²) in [5.74, 6) is 0.570. The quantitative estimate of drug-likeness (QED) is 0.116. The molecule has 0 radical (unpaired) electrons. The molecule has 0 bridgehead atoms. The number of hydrogen-bond donors (Lipinski definition) is 3. The lowest BCUT2D eigenvalue weighted by atomic mass is 10.0. The van der Waals surface area contributed by atoms with Crippen molar-refractivity contribution in [1.29, 1.82) is 0 Å². The summed E-state index contributed by atoms with van der Waals surface area (Å²) >= 11 is 10.2. The molecule has 4 aromatic rings. The Morgan fingerprint density at radius 3 is 2.44 bits per heavy atom. The molecule has 0 aliphatic carbocycles. The lowest BCUT2D eigenvalue weighted by Gasteiger charge is -2.43. The molecule has 1 aromatic heterocycles. The van der Waals surface area contributed by atoms with Gasteiger partial charge in [0.25, 0.3) is 5.91 Å². The maximum Gasteiger partial charge on any atom is 0.255 e. The van der Waals surface area contributed by atoms with Gasteiger partial charge >= 0.3 is 0 Å². The van der Waals surface area contributed by atoms with Crippen molar-refractivity contribution in [2.45, 2.75) is 50.9 Å². The number of anilines is 5. The van der Waals surface area contributed by atoms with Gasteiger partial charge in [0, 0.05) is 78.8 Å². The molecule has 5 heterocycles. The molecule has 4 aliphatic rings. The van der Waals surface area contributed by atoms with E-state index < -0.39 is 19.1 Å². The number of fused-ring (bicyclic) bond motifs is 1. The van der Waals surface area contributed by atoms with Gasteiger partial charge in [-0.15, -0.1) is 0 Å².